The fraction of sp³-hybridized carbons (Fsp3) is 0.333. The highest BCUT2D eigenvalue weighted by Gasteiger charge is 2.16. The van der Waals surface area contributed by atoms with Gasteiger partial charge in [-0.15, -0.1) is 0 Å². The Labute approximate surface area is 134 Å². The number of hydrogen-bond acceptors (Lipinski definition) is 3. The summed E-state index contributed by atoms with van der Waals surface area (Å²) >= 11 is 0. The smallest absolute Gasteiger partial charge is 0.250 e. The minimum absolute atomic E-state index is 0.00656. The van der Waals surface area contributed by atoms with Crippen LogP contribution in [0.4, 0.5) is 5.69 Å². The van der Waals surface area contributed by atoms with Gasteiger partial charge in [0.15, 0.2) is 0 Å². The number of nitrogens with one attached hydrogen (secondary N) is 1. The van der Waals surface area contributed by atoms with Gasteiger partial charge in [-0.05, 0) is 43.9 Å². The summed E-state index contributed by atoms with van der Waals surface area (Å²) in [6, 6.07) is 12.2. The summed E-state index contributed by atoms with van der Waals surface area (Å²) in [7, 11) is 0. The molecule has 0 radical (unpaired) electrons. The van der Waals surface area contributed by atoms with Crippen molar-refractivity contribution < 1.29 is 9.53 Å². The SMILES string of the molecule is O=C(Cn1ccccc1=O)Nc1cccc(OC2CCCC2)c1. The van der Waals surface area contributed by atoms with Crippen LogP contribution in [0.15, 0.2) is 53.5 Å². The van der Waals surface area contributed by atoms with E-state index in [1.165, 1.54) is 23.5 Å². The first-order valence-corrected chi connectivity index (χ1v) is 7.93. The molecule has 1 aromatic heterocycles. The molecular formula is C18H20N2O3. The molecule has 0 spiro atoms. The maximum atomic E-state index is 12.1. The Morgan fingerprint density at radius 1 is 1.17 bits per heavy atom. The van der Waals surface area contributed by atoms with E-state index in [4.69, 9.17) is 4.74 Å². The quantitative estimate of drug-likeness (QED) is 0.923. The summed E-state index contributed by atoms with van der Waals surface area (Å²) in [5.74, 6) is 0.530. The van der Waals surface area contributed by atoms with E-state index in [-0.39, 0.29) is 24.1 Å². The highest BCUT2D eigenvalue weighted by molar-refractivity contribution is 5.90. The van der Waals surface area contributed by atoms with E-state index >= 15 is 0 Å². The Bertz CT molecular complexity index is 733. The second-order valence-electron chi connectivity index (χ2n) is 5.77. The number of pyridine rings is 1. The van der Waals surface area contributed by atoms with Crippen molar-refractivity contribution in [3.8, 4) is 5.75 Å². The second kappa shape index (κ2) is 7.13. The molecule has 2 aromatic rings. The molecule has 1 heterocycles. The van der Waals surface area contributed by atoms with E-state index in [2.05, 4.69) is 5.32 Å². The molecule has 0 atom stereocenters. The number of carbonyl (C=O) groups excluding carboxylic acids is 1. The van der Waals surface area contributed by atoms with Crippen LogP contribution in [0.1, 0.15) is 25.7 Å². The lowest BCUT2D eigenvalue weighted by Gasteiger charge is -2.14. The molecule has 1 N–H and O–H groups in total. The molecule has 0 unspecified atom stereocenters. The predicted molar refractivity (Wildman–Crippen MR) is 88.7 cm³/mol. The lowest BCUT2D eigenvalue weighted by atomic mass is 10.2. The average molecular weight is 312 g/mol. The summed E-state index contributed by atoms with van der Waals surface area (Å²) < 4.78 is 7.30. The van der Waals surface area contributed by atoms with Crippen LogP contribution in [0.5, 0.6) is 5.75 Å². The zero-order chi connectivity index (χ0) is 16.1. The summed E-state index contributed by atoms with van der Waals surface area (Å²) in [4.78, 5) is 23.7. The van der Waals surface area contributed by atoms with Gasteiger partial charge in [-0.25, -0.2) is 0 Å². The molecule has 0 aliphatic heterocycles. The third kappa shape index (κ3) is 4.22. The van der Waals surface area contributed by atoms with Gasteiger partial charge in [0.2, 0.25) is 5.91 Å². The monoisotopic (exact) mass is 312 g/mol. The van der Waals surface area contributed by atoms with Crippen LogP contribution in [-0.4, -0.2) is 16.6 Å². The van der Waals surface area contributed by atoms with Gasteiger partial charge >= 0.3 is 0 Å². The Hall–Kier alpha value is -2.56. The number of rotatable bonds is 5. The Morgan fingerprint density at radius 2 is 2.00 bits per heavy atom. The number of ether oxygens (including phenoxy) is 1. The second-order valence-corrected chi connectivity index (χ2v) is 5.77. The van der Waals surface area contributed by atoms with Gasteiger partial charge in [0.05, 0.1) is 6.10 Å². The Balaban J connectivity index is 1.62. The summed E-state index contributed by atoms with van der Waals surface area (Å²) in [5.41, 5.74) is 0.482. The summed E-state index contributed by atoms with van der Waals surface area (Å²) in [6.45, 7) is -0.00656. The lowest BCUT2D eigenvalue weighted by Crippen LogP contribution is -2.26. The minimum atomic E-state index is -0.240. The number of benzene rings is 1. The standard InChI is InChI=1S/C18H20N2O3/c21-17(13-20-11-4-3-10-18(20)22)19-14-6-5-9-16(12-14)23-15-7-1-2-8-15/h3-6,9-12,15H,1-2,7-8,13H2,(H,19,21). The molecule has 1 saturated carbocycles. The van der Waals surface area contributed by atoms with Gasteiger partial charge in [-0.1, -0.05) is 12.1 Å². The summed E-state index contributed by atoms with van der Waals surface area (Å²) in [5, 5.41) is 2.80. The van der Waals surface area contributed by atoms with Crippen LogP contribution >= 0.6 is 0 Å². The number of carbonyl (C=O) groups is 1. The maximum absolute atomic E-state index is 12.1. The zero-order valence-electron chi connectivity index (χ0n) is 12.9. The third-order valence-electron chi connectivity index (χ3n) is 3.94. The van der Waals surface area contributed by atoms with Gasteiger partial charge in [0.25, 0.3) is 5.56 Å². The van der Waals surface area contributed by atoms with Crippen molar-refractivity contribution >= 4 is 11.6 Å². The van der Waals surface area contributed by atoms with Crippen molar-refractivity contribution in [1.82, 2.24) is 4.57 Å². The van der Waals surface area contributed by atoms with Gasteiger partial charge in [-0.3, -0.25) is 9.59 Å². The van der Waals surface area contributed by atoms with Crippen molar-refractivity contribution in [3.05, 3.63) is 59.0 Å². The lowest BCUT2D eigenvalue weighted by molar-refractivity contribution is -0.116. The maximum Gasteiger partial charge on any atom is 0.250 e. The molecular weight excluding hydrogens is 292 g/mol. The highest BCUT2D eigenvalue weighted by atomic mass is 16.5. The molecule has 120 valence electrons. The Morgan fingerprint density at radius 3 is 2.78 bits per heavy atom. The van der Waals surface area contributed by atoms with Gasteiger partial charge in [0.1, 0.15) is 12.3 Å². The van der Waals surface area contributed by atoms with E-state index < -0.39 is 0 Å². The van der Waals surface area contributed by atoms with Crippen molar-refractivity contribution in [1.29, 1.82) is 0 Å². The average Bonchev–Trinajstić information content (AvgIpc) is 3.03. The van der Waals surface area contributed by atoms with Crippen LogP contribution in [0.3, 0.4) is 0 Å². The summed E-state index contributed by atoms with van der Waals surface area (Å²) in [6.07, 6.45) is 6.49. The zero-order valence-corrected chi connectivity index (χ0v) is 12.9. The fourth-order valence-electron chi connectivity index (χ4n) is 2.79. The van der Waals surface area contributed by atoms with Crippen molar-refractivity contribution in [2.75, 3.05) is 5.32 Å². The molecule has 1 fully saturated rings. The molecule has 0 saturated heterocycles. The van der Waals surface area contributed by atoms with Gasteiger partial charge in [-0.2, -0.15) is 0 Å². The van der Waals surface area contributed by atoms with Gasteiger partial charge < -0.3 is 14.6 Å². The molecule has 5 nitrogen and oxygen atoms in total. The molecule has 3 rings (SSSR count). The third-order valence-corrected chi connectivity index (χ3v) is 3.94. The number of nitrogens with zero attached hydrogens (tertiary/aromatic N) is 1. The van der Waals surface area contributed by atoms with Crippen molar-refractivity contribution in [2.45, 2.75) is 38.3 Å². The molecule has 5 heteroatoms. The van der Waals surface area contributed by atoms with E-state index in [0.717, 1.165) is 18.6 Å². The molecule has 0 bridgehead atoms. The highest BCUT2D eigenvalue weighted by Crippen LogP contribution is 2.25. The molecule has 1 aliphatic carbocycles. The minimum Gasteiger partial charge on any atom is -0.490 e. The molecule has 1 amide bonds. The van der Waals surface area contributed by atoms with E-state index in [9.17, 15) is 9.59 Å². The first-order valence-electron chi connectivity index (χ1n) is 7.93. The topological polar surface area (TPSA) is 60.3 Å². The largest absolute Gasteiger partial charge is 0.490 e. The number of amides is 1. The fourth-order valence-corrected chi connectivity index (χ4v) is 2.79. The van der Waals surface area contributed by atoms with E-state index in [1.807, 2.05) is 24.3 Å². The van der Waals surface area contributed by atoms with Gasteiger partial charge in [0, 0.05) is 24.0 Å². The van der Waals surface area contributed by atoms with Crippen LogP contribution < -0.4 is 15.6 Å². The molecule has 1 aliphatic rings. The van der Waals surface area contributed by atoms with Crippen molar-refractivity contribution in [3.63, 3.8) is 0 Å². The number of anilines is 1. The Kier molecular flexibility index (Phi) is 4.76. The first-order chi connectivity index (χ1) is 11.2. The van der Waals surface area contributed by atoms with Crippen LogP contribution in [0.25, 0.3) is 0 Å². The number of hydrogen-bond donors (Lipinski definition) is 1. The van der Waals surface area contributed by atoms with Crippen LogP contribution in [0, 0.1) is 0 Å². The molecule has 1 aromatic carbocycles. The van der Waals surface area contributed by atoms with E-state index in [0.29, 0.717) is 5.69 Å². The van der Waals surface area contributed by atoms with Crippen LogP contribution in [-0.2, 0) is 11.3 Å². The van der Waals surface area contributed by atoms with Crippen molar-refractivity contribution in [2.24, 2.45) is 0 Å². The first kappa shape index (κ1) is 15.3. The predicted octanol–water partition coefficient (Wildman–Crippen LogP) is 2.81. The molecule has 23 heavy (non-hydrogen) atoms. The van der Waals surface area contributed by atoms with E-state index in [1.54, 1.807) is 18.3 Å². The number of aromatic nitrogens is 1. The van der Waals surface area contributed by atoms with Crippen LogP contribution in [0.2, 0.25) is 0 Å². The normalized spacial score (nSPS) is 14.6.